The Labute approximate surface area is 127 Å². The molecule has 0 aliphatic rings. The summed E-state index contributed by atoms with van der Waals surface area (Å²) in [5.74, 6) is -0.872. The molecule has 8 nitrogen and oxygen atoms in total. The van der Waals surface area contributed by atoms with Gasteiger partial charge in [-0.05, 0) is 33.4 Å². The number of nitrogen functional groups attached to an aromatic ring is 1. The van der Waals surface area contributed by atoms with Crippen molar-refractivity contribution < 1.29 is 14.3 Å². The first-order valence-electron chi connectivity index (χ1n) is 6.53. The highest BCUT2D eigenvalue weighted by molar-refractivity contribution is 5.99. The Bertz CT molecular complexity index is 698. The lowest BCUT2D eigenvalue weighted by molar-refractivity contribution is 0.0516. The third-order valence-electron chi connectivity index (χ3n) is 2.97. The lowest BCUT2D eigenvalue weighted by atomic mass is 9.87. The van der Waals surface area contributed by atoms with Gasteiger partial charge in [-0.15, -0.1) is 0 Å². The zero-order chi connectivity index (χ0) is 16.3. The lowest BCUT2D eigenvalue weighted by Crippen LogP contribution is -2.17. The molecule has 1 aromatic carbocycles. The first-order chi connectivity index (χ1) is 10.3. The molecule has 0 aliphatic carbocycles. The quantitative estimate of drug-likeness (QED) is 0.379. The number of carbonyl (C=O) groups excluding carboxylic acids is 1. The molecule has 0 amide bonds. The van der Waals surface area contributed by atoms with E-state index in [0.29, 0.717) is 5.56 Å². The van der Waals surface area contributed by atoms with Crippen molar-refractivity contribution in [2.75, 3.05) is 5.73 Å². The van der Waals surface area contributed by atoms with E-state index in [1.807, 2.05) is 12.1 Å². The first-order valence-corrected chi connectivity index (χ1v) is 6.53. The van der Waals surface area contributed by atoms with Crippen LogP contribution in [-0.4, -0.2) is 22.1 Å². The van der Waals surface area contributed by atoms with Crippen LogP contribution in [0.1, 0.15) is 42.4 Å². The summed E-state index contributed by atoms with van der Waals surface area (Å²) in [5, 5.41) is 10.3. The summed E-state index contributed by atoms with van der Waals surface area (Å²) in [6.45, 7) is 6.25. The maximum Gasteiger partial charge on any atom is 0.365 e. The summed E-state index contributed by atoms with van der Waals surface area (Å²) in [4.78, 5) is 16.6. The standard InChI is InChI=1S/C14H17N5O3/c1-14(2,3)9-6-4-8(5-7-9)13(20)21-18-11(15)10-12(16)19-22-17-10/h4-7H,1-3H3,(H2,15,18)(H2,16,19). The SMILES string of the molecule is CC(C)(C)c1ccc(C(=O)O/N=C(/N)c2nonc2N)cc1. The van der Waals surface area contributed by atoms with Gasteiger partial charge in [-0.25, -0.2) is 9.42 Å². The van der Waals surface area contributed by atoms with Gasteiger partial charge in [0.25, 0.3) is 0 Å². The van der Waals surface area contributed by atoms with E-state index in [1.54, 1.807) is 12.1 Å². The summed E-state index contributed by atoms with van der Waals surface area (Å²) in [7, 11) is 0. The van der Waals surface area contributed by atoms with Crippen LogP contribution in [0.3, 0.4) is 0 Å². The number of amidine groups is 1. The molecule has 0 spiro atoms. The molecular weight excluding hydrogens is 286 g/mol. The third kappa shape index (κ3) is 3.40. The number of aromatic nitrogens is 2. The minimum Gasteiger partial charge on any atom is -0.379 e. The largest absolute Gasteiger partial charge is 0.379 e. The Morgan fingerprint density at radius 1 is 1.23 bits per heavy atom. The molecule has 22 heavy (non-hydrogen) atoms. The predicted molar refractivity (Wildman–Crippen MR) is 80.0 cm³/mol. The van der Waals surface area contributed by atoms with Gasteiger partial charge in [0.15, 0.2) is 17.3 Å². The topological polar surface area (TPSA) is 130 Å². The fraction of sp³-hybridized carbons (Fsp3) is 0.286. The number of hydrogen-bond donors (Lipinski definition) is 2. The Morgan fingerprint density at radius 2 is 1.86 bits per heavy atom. The van der Waals surface area contributed by atoms with Crippen LogP contribution in [0.5, 0.6) is 0 Å². The summed E-state index contributed by atoms with van der Waals surface area (Å²) in [6, 6.07) is 7.06. The second kappa shape index (κ2) is 5.84. The van der Waals surface area contributed by atoms with Gasteiger partial charge in [0.1, 0.15) is 0 Å². The molecular formula is C14H17N5O3. The van der Waals surface area contributed by atoms with Crippen LogP contribution in [0.4, 0.5) is 5.82 Å². The number of anilines is 1. The van der Waals surface area contributed by atoms with Crippen molar-refractivity contribution in [3.63, 3.8) is 0 Å². The number of nitrogens with zero attached hydrogens (tertiary/aromatic N) is 3. The minimum atomic E-state index is -0.640. The highest BCUT2D eigenvalue weighted by atomic mass is 16.7. The van der Waals surface area contributed by atoms with Crippen LogP contribution in [-0.2, 0) is 10.3 Å². The van der Waals surface area contributed by atoms with E-state index >= 15 is 0 Å². The molecule has 0 aliphatic heterocycles. The zero-order valence-corrected chi connectivity index (χ0v) is 12.5. The molecule has 116 valence electrons. The maximum absolute atomic E-state index is 11.9. The monoisotopic (exact) mass is 303 g/mol. The molecule has 8 heteroatoms. The van der Waals surface area contributed by atoms with Crippen LogP contribution in [0.25, 0.3) is 0 Å². The molecule has 1 aromatic heterocycles. The van der Waals surface area contributed by atoms with Crippen molar-refractivity contribution in [1.82, 2.24) is 10.3 Å². The highest BCUT2D eigenvalue weighted by Crippen LogP contribution is 2.22. The predicted octanol–water partition coefficient (Wildman–Crippen LogP) is 1.43. The van der Waals surface area contributed by atoms with Crippen LogP contribution < -0.4 is 11.5 Å². The van der Waals surface area contributed by atoms with Crippen molar-refractivity contribution in [3.05, 3.63) is 41.1 Å². The highest BCUT2D eigenvalue weighted by Gasteiger charge is 2.16. The first kappa shape index (κ1) is 15.5. The second-order valence-electron chi connectivity index (χ2n) is 5.68. The molecule has 0 radical (unpaired) electrons. The average molecular weight is 303 g/mol. The zero-order valence-electron chi connectivity index (χ0n) is 12.5. The number of hydrogen-bond acceptors (Lipinski definition) is 7. The Morgan fingerprint density at radius 3 is 2.36 bits per heavy atom. The summed E-state index contributed by atoms with van der Waals surface area (Å²) >= 11 is 0. The Balaban J connectivity index is 2.08. The molecule has 4 N–H and O–H groups in total. The molecule has 0 bridgehead atoms. The molecule has 2 rings (SSSR count). The van der Waals surface area contributed by atoms with E-state index < -0.39 is 5.97 Å². The van der Waals surface area contributed by atoms with E-state index in [2.05, 4.69) is 40.9 Å². The normalized spacial score (nSPS) is 12.2. The van der Waals surface area contributed by atoms with Gasteiger partial charge in [0.2, 0.25) is 0 Å². The van der Waals surface area contributed by atoms with Gasteiger partial charge in [0, 0.05) is 0 Å². The fourth-order valence-electron chi connectivity index (χ4n) is 1.67. The van der Waals surface area contributed by atoms with Gasteiger partial charge in [-0.2, -0.15) is 0 Å². The van der Waals surface area contributed by atoms with E-state index in [1.165, 1.54) is 0 Å². The average Bonchev–Trinajstić information content (AvgIpc) is 2.90. The fourth-order valence-corrected chi connectivity index (χ4v) is 1.67. The van der Waals surface area contributed by atoms with Crippen LogP contribution in [0.15, 0.2) is 34.1 Å². The van der Waals surface area contributed by atoms with Crippen molar-refractivity contribution in [2.45, 2.75) is 26.2 Å². The number of oxime groups is 1. The smallest absolute Gasteiger partial charge is 0.365 e. The summed E-state index contributed by atoms with van der Waals surface area (Å²) in [6.07, 6.45) is 0. The number of rotatable bonds is 3. The molecule has 1 heterocycles. The van der Waals surface area contributed by atoms with E-state index in [0.717, 1.165) is 5.56 Å². The lowest BCUT2D eigenvalue weighted by Gasteiger charge is -2.18. The molecule has 0 atom stereocenters. The van der Waals surface area contributed by atoms with Gasteiger partial charge >= 0.3 is 5.97 Å². The van der Waals surface area contributed by atoms with Gasteiger partial charge in [-0.1, -0.05) is 38.1 Å². The minimum absolute atomic E-state index is 0.00247. The van der Waals surface area contributed by atoms with Crippen molar-refractivity contribution in [3.8, 4) is 0 Å². The van der Waals surface area contributed by atoms with E-state index in [-0.39, 0.29) is 22.8 Å². The van der Waals surface area contributed by atoms with Crippen LogP contribution >= 0.6 is 0 Å². The molecule has 0 saturated carbocycles. The van der Waals surface area contributed by atoms with Crippen LogP contribution in [0.2, 0.25) is 0 Å². The molecule has 2 aromatic rings. The number of benzene rings is 1. The van der Waals surface area contributed by atoms with E-state index in [9.17, 15) is 4.79 Å². The second-order valence-corrected chi connectivity index (χ2v) is 5.68. The summed E-state index contributed by atoms with van der Waals surface area (Å²) in [5.41, 5.74) is 12.5. The number of nitrogens with two attached hydrogens (primary N) is 2. The third-order valence-corrected chi connectivity index (χ3v) is 2.97. The number of carbonyl (C=O) groups is 1. The maximum atomic E-state index is 11.9. The van der Waals surface area contributed by atoms with Crippen molar-refractivity contribution >= 4 is 17.6 Å². The van der Waals surface area contributed by atoms with E-state index in [4.69, 9.17) is 16.3 Å². The summed E-state index contributed by atoms with van der Waals surface area (Å²) < 4.78 is 4.38. The Hall–Kier alpha value is -2.90. The molecule has 0 fully saturated rings. The van der Waals surface area contributed by atoms with Gasteiger partial charge in [-0.3, -0.25) is 0 Å². The molecule has 0 unspecified atom stereocenters. The van der Waals surface area contributed by atoms with Crippen molar-refractivity contribution in [1.29, 1.82) is 0 Å². The molecule has 0 saturated heterocycles. The Kier molecular flexibility index (Phi) is 4.11. The van der Waals surface area contributed by atoms with Crippen LogP contribution in [0, 0.1) is 0 Å². The van der Waals surface area contributed by atoms with Gasteiger partial charge < -0.3 is 16.3 Å². The van der Waals surface area contributed by atoms with Crippen molar-refractivity contribution in [2.24, 2.45) is 10.9 Å². The van der Waals surface area contributed by atoms with Gasteiger partial charge in [0.05, 0.1) is 5.56 Å².